The number of carbonyl (C=O) groups is 1. The number of ether oxygens (including phenoxy) is 2. The molecule has 0 unspecified atom stereocenters. The monoisotopic (exact) mass is 543 g/mol. The van der Waals surface area contributed by atoms with E-state index in [0.717, 1.165) is 50.5 Å². The van der Waals surface area contributed by atoms with Gasteiger partial charge in [0.15, 0.2) is 5.17 Å². The van der Waals surface area contributed by atoms with Crippen LogP contribution in [0.15, 0.2) is 98.7 Å². The summed E-state index contributed by atoms with van der Waals surface area (Å²) in [6, 6.07) is 23.8. The third kappa shape index (κ3) is 5.06. The highest BCUT2D eigenvalue weighted by molar-refractivity contribution is 8.18. The van der Waals surface area contributed by atoms with E-state index in [2.05, 4.69) is 30.0 Å². The van der Waals surface area contributed by atoms with Crippen molar-refractivity contribution in [1.29, 1.82) is 0 Å². The van der Waals surface area contributed by atoms with Crippen molar-refractivity contribution in [2.45, 2.75) is 18.7 Å². The SMILES string of the molecule is CCN1C(=O)/C(=C(/C=C2\Sc3cc(OC)ccc3N2CC)c2ccccc2)SC1=Nc1ccc(OC)cc1. The maximum Gasteiger partial charge on any atom is 0.267 e. The first-order chi connectivity index (χ1) is 18.6. The number of rotatable bonds is 7. The largest absolute Gasteiger partial charge is 0.497 e. The molecule has 0 aliphatic carbocycles. The van der Waals surface area contributed by atoms with Crippen molar-refractivity contribution in [3.05, 3.63) is 94.4 Å². The van der Waals surface area contributed by atoms with E-state index < -0.39 is 0 Å². The second-order valence-corrected chi connectivity index (χ2v) is 10.6. The molecule has 0 aromatic heterocycles. The van der Waals surface area contributed by atoms with E-state index in [4.69, 9.17) is 14.5 Å². The van der Waals surface area contributed by atoms with Crippen LogP contribution >= 0.6 is 23.5 Å². The van der Waals surface area contributed by atoms with Crippen LogP contribution in [-0.4, -0.2) is 43.3 Å². The fourth-order valence-corrected chi connectivity index (χ4v) is 6.70. The van der Waals surface area contributed by atoms with Crippen LogP contribution in [0, 0.1) is 0 Å². The molecule has 2 heterocycles. The van der Waals surface area contributed by atoms with E-state index in [1.807, 2.05) is 67.6 Å². The van der Waals surface area contributed by atoms with Gasteiger partial charge >= 0.3 is 0 Å². The lowest BCUT2D eigenvalue weighted by atomic mass is 10.0. The molecule has 0 atom stereocenters. The minimum absolute atomic E-state index is 0.0364. The number of anilines is 1. The van der Waals surface area contributed by atoms with Crippen molar-refractivity contribution >= 4 is 51.5 Å². The summed E-state index contributed by atoms with van der Waals surface area (Å²) in [5.41, 5.74) is 3.79. The number of nitrogens with zero attached hydrogens (tertiary/aromatic N) is 3. The Morgan fingerprint density at radius 2 is 1.55 bits per heavy atom. The number of amidine groups is 1. The fraction of sp³-hybridized carbons (Fsp3) is 0.200. The van der Waals surface area contributed by atoms with Crippen LogP contribution in [0.2, 0.25) is 0 Å². The van der Waals surface area contributed by atoms with Crippen LogP contribution in [0.5, 0.6) is 11.5 Å². The third-order valence-corrected chi connectivity index (χ3v) is 8.52. The van der Waals surface area contributed by atoms with Gasteiger partial charge in [-0.05, 0) is 79.7 Å². The van der Waals surface area contributed by atoms with Gasteiger partial charge in [-0.1, -0.05) is 42.1 Å². The highest BCUT2D eigenvalue weighted by atomic mass is 32.2. The zero-order valence-corrected chi connectivity index (χ0v) is 23.4. The van der Waals surface area contributed by atoms with Gasteiger partial charge in [-0.25, -0.2) is 4.99 Å². The topological polar surface area (TPSA) is 54.4 Å². The van der Waals surface area contributed by atoms with E-state index in [-0.39, 0.29) is 5.91 Å². The van der Waals surface area contributed by atoms with Crippen LogP contribution in [0.1, 0.15) is 19.4 Å². The molecule has 3 aromatic carbocycles. The van der Waals surface area contributed by atoms with E-state index in [9.17, 15) is 4.79 Å². The molecular formula is C30H29N3O3S2. The minimum Gasteiger partial charge on any atom is -0.497 e. The normalized spacial score (nSPS) is 18.4. The van der Waals surface area contributed by atoms with Gasteiger partial charge < -0.3 is 14.4 Å². The lowest BCUT2D eigenvalue weighted by molar-refractivity contribution is -0.122. The van der Waals surface area contributed by atoms with Gasteiger partial charge in [0.25, 0.3) is 5.91 Å². The summed E-state index contributed by atoms with van der Waals surface area (Å²) >= 11 is 3.12. The average Bonchev–Trinajstić information content (AvgIpc) is 3.47. The number of likely N-dealkylation sites (N-methyl/N-ethyl adjacent to an activating group) is 1. The minimum atomic E-state index is -0.0364. The summed E-state index contributed by atoms with van der Waals surface area (Å²) in [4.78, 5) is 24.4. The molecule has 8 heteroatoms. The molecule has 1 amide bonds. The summed E-state index contributed by atoms with van der Waals surface area (Å²) < 4.78 is 10.7. The van der Waals surface area contributed by atoms with Crippen molar-refractivity contribution in [3.63, 3.8) is 0 Å². The molecule has 1 fully saturated rings. The molecular weight excluding hydrogens is 514 g/mol. The van der Waals surface area contributed by atoms with E-state index >= 15 is 0 Å². The molecule has 5 rings (SSSR count). The number of amides is 1. The van der Waals surface area contributed by atoms with Crippen molar-refractivity contribution in [3.8, 4) is 11.5 Å². The molecule has 3 aromatic rings. The Kier molecular flexibility index (Phi) is 7.81. The molecule has 0 bridgehead atoms. The van der Waals surface area contributed by atoms with Crippen molar-refractivity contribution in [2.75, 3.05) is 32.2 Å². The second kappa shape index (κ2) is 11.4. The molecule has 6 nitrogen and oxygen atoms in total. The smallest absolute Gasteiger partial charge is 0.267 e. The van der Waals surface area contributed by atoms with Gasteiger partial charge in [-0.15, -0.1) is 0 Å². The summed E-state index contributed by atoms with van der Waals surface area (Å²) in [5, 5.41) is 1.74. The van der Waals surface area contributed by atoms with E-state index in [0.29, 0.717) is 16.6 Å². The van der Waals surface area contributed by atoms with Gasteiger partial charge in [0.2, 0.25) is 0 Å². The second-order valence-electron chi connectivity index (χ2n) is 8.52. The standard InChI is InChI=1S/C30H29N3O3S2/c1-5-32-25-17-16-23(36-4)18-26(25)37-27(32)19-24(20-10-8-7-9-11-20)28-29(34)33(6-2)30(38-28)31-21-12-14-22(35-3)15-13-21/h7-19H,5-6H2,1-4H3/b27-19-,28-24+,31-30?. The number of benzene rings is 3. The molecule has 194 valence electrons. The van der Waals surface area contributed by atoms with Crippen molar-refractivity contribution in [2.24, 2.45) is 4.99 Å². The van der Waals surface area contributed by atoms with Crippen LogP contribution in [0.3, 0.4) is 0 Å². The Bertz CT molecular complexity index is 1430. The molecule has 0 saturated carbocycles. The first-order valence-corrected chi connectivity index (χ1v) is 14.1. The highest BCUT2D eigenvalue weighted by Crippen LogP contribution is 2.49. The number of aliphatic imine (C=N–C) groups is 1. The Labute approximate surface area is 232 Å². The Morgan fingerprint density at radius 1 is 0.868 bits per heavy atom. The number of hydrogen-bond acceptors (Lipinski definition) is 7. The molecule has 0 radical (unpaired) electrons. The number of methoxy groups -OCH3 is 2. The Morgan fingerprint density at radius 3 is 2.21 bits per heavy atom. The average molecular weight is 544 g/mol. The third-order valence-electron chi connectivity index (χ3n) is 6.33. The van der Waals surface area contributed by atoms with Crippen LogP contribution in [-0.2, 0) is 4.79 Å². The number of carbonyl (C=O) groups excluding carboxylic acids is 1. The zero-order valence-electron chi connectivity index (χ0n) is 21.8. The fourth-order valence-electron chi connectivity index (χ4n) is 4.37. The molecule has 2 aliphatic heterocycles. The predicted molar refractivity (Wildman–Crippen MR) is 158 cm³/mol. The van der Waals surface area contributed by atoms with Crippen LogP contribution in [0.25, 0.3) is 5.57 Å². The first kappa shape index (κ1) is 26.0. The highest BCUT2D eigenvalue weighted by Gasteiger charge is 2.35. The van der Waals surface area contributed by atoms with Gasteiger partial charge in [0.05, 0.1) is 35.5 Å². The van der Waals surface area contributed by atoms with Crippen molar-refractivity contribution < 1.29 is 14.3 Å². The number of thioether (sulfide) groups is 2. The summed E-state index contributed by atoms with van der Waals surface area (Å²) in [7, 11) is 3.32. The summed E-state index contributed by atoms with van der Waals surface area (Å²) in [6.45, 7) is 5.45. The van der Waals surface area contributed by atoms with Crippen LogP contribution < -0.4 is 14.4 Å². The lowest BCUT2D eigenvalue weighted by Gasteiger charge is -2.19. The number of fused-ring (bicyclic) bond motifs is 1. The van der Waals surface area contributed by atoms with Gasteiger partial charge in [-0.3, -0.25) is 9.69 Å². The van der Waals surface area contributed by atoms with Gasteiger partial charge in [0.1, 0.15) is 11.5 Å². The molecule has 0 N–H and O–H groups in total. The van der Waals surface area contributed by atoms with E-state index in [1.54, 1.807) is 30.9 Å². The maximum atomic E-state index is 13.8. The number of allylic oxidation sites excluding steroid dienone is 2. The van der Waals surface area contributed by atoms with Gasteiger partial charge in [-0.2, -0.15) is 0 Å². The molecule has 2 aliphatic rings. The first-order valence-electron chi connectivity index (χ1n) is 12.4. The Balaban J connectivity index is 1.60. The summed E-state index contributed by atoms with van der Waals surface area (Å²) in [6.07, 6.45) is 2.14. The lowest BCUT2D eigenvalue weighted by Crippen LogP contribution is -2.28. The molecule has 0 spiro atoms. The zero-order chi connectivity index (χ0) is 26.6. The van der Waals surface area contributed by atoms with E-state index in [1.165, 1.54) is 11.8 Å². The maximum absolute atomic E-state index is 13.8. The molecule has 1 saturated heterocycles. The Hall–Kier alpha value is -3.62. The van der Waals surface area contributed by atoms with Crippen molar-refractivity contribution in [1.82, 2.24) is 4.90 Å². The van der Waals surface area contributed by atoms with Crippen LogP contribution in [0.4, 0.5) is 11.4 Å². The number of hydrogen-bond donors (Lipinski definition) is 0. The predicted octanol–water partition coefficient (Wildman–Crippen LogP) is 7.17. The van der Waals surface area contributed by atoms with Gasteiger partial charge in [0, 0.05) is 23.6 Å². The summed E-state index contributed by atoms with van der Waals surface area (Å²) in [5.74, 6) is 1.56. The quantitative estimate of drug-likeness (QED) is 0.295. The molecule has 38 heavy (non-hydrogen) atoms.